The molecule has 0 fully saturated rings. The van der Waals surface area contributed by atoms with E-state index in [1.54, 1.807) is 24.3 Å². The summed E-state index contributed by atoms with van der Waals surface area (Å²) in [6.45, 7) is 0.150. The van der Waals surface area contributed by atoms with Gasteiger partial charge < -0.3 is 10.6 Å². The molecule has 2 aromatic heterocycles. The molecule has 0 unspecified atom stereocenters. The number of carbonyl (C=O) groups is 1. The molecule has 0 saturated carbocycles. The van der Waals surface area contributed by atoms with Crippen molar-refractivity contribution in [1.82, 2.24) is 9.97 Å². The number of fused-ring (bicyclic) bond motifs is 1. The van der Waals surface area contributed by atoms with Crippen LogP contribution < -0.4 is 10.6 Å². The summed E-state index contributed by atoms with van der Waals surface area (Å²) in [5, 5.41) is 0. The molecule has 88 valence electrons. The molecule has 0 spiro atoms. The van der Waals surface area contributed by atoms with Crippen LogP contribution in [0.15, 0.2) is 29.0 Å². The molecule has 5 nitrogen and oxygen atoms in total. The molecule has 0 aliphatic carbocycles. The first-order chi connectivity index (χ1) is 8.08. The van der Waals surface area contributed by atoms with Crippen molar-refractivity contribution in [2.75, 3.05) is 18.5 Å². The molecule has 0 radical (unpaired) electrons. The second-order valence-electron chi connectivity index (χ2n) is 3.67. The van der Waals surface area contributed by atoms with E-state index in [9.17, 15) is 4.79 Å². The third-order valence-electron chi connectivity index (χ3n) is 2.33. The molecule has 2 heterocycles. The molecule has 2 aromatic rings. The Morgan fingerprint density at radius 3 is 3.00 bits per heavy atom. The predicted octanol–water partition coefficient (Wildman–Crippen LogP) is 1.31. The lowest BCUT2D eigenvalue weighted by Gasteiger charge is -2.18. The highest BCUT2D eigenvalue weighted by Gasteiger charge is 2.10. The highest BCUT2D eigenvalue weighted by atomic mass is 79.9. The van der Waals surface area contributed by atoms with Crippen molar-refractivity contribution in [2.45, 2.75) is 0 Å². The number of nitrogens with two attached hydrogens (primary N) is 1. The van der Waals surface area contributed by atoms with Gasteiger partial charge in [0.2, 0.25) is 5.91 Å². The fourth-order valence-electron chi connectivity index (χ4n) is 1.62. The topological polar surface area (TPSA) is 72.1 Å². The van der Waals surface area contributed by atoms with Crippen molar-refractivity contribution in [3.63, 3.8) is 0 Å². The highest BCUT2D eigenvalue weighted by molar-refractivity contribution is 9.10. The Bertz CT molecular complexity index is 572. The quantitative estimate of drug-likeness (QED) is 0.926. The van der Waals surface area contributed by atoms with Gasteiger partial charge in [0, 0.05) is 23.9 Å². The van der Waals surface area contributed by atoms with E-state index in [1.807, 2.05) is 12.1 Å². The van der Waals surface area contributed by atoms with Crippen molar-refractivity contribution in [3.8, 4) is 0 Å². The molecule has 0 aromatic carbocycles. The number of hydrogen-bond acceptors (Lipinski definition) is 4. The fourth-order valence-corrected chi connectivity index (χ4v) is 1.94. The van der Waals surface area contributed by atoms with Crippen LogP contribution in [0.5, 0.6) is 0 Å². The Morgan fingerprint density at radius 2 is 2.29 bits per heavy atom. The van der Waals surface area contributed by atoms with Gasteiger partial charge in [-0.1, -0.05) is 0 Å². The van der Waals surface area contributed by atoms with E-state index >= 15 is 0 Å². The Labute approximate surface area is 107 Å². The zero-order chi connectivity index (χ0) is 12.4. The van der Waals surface area contributed by atoms with Crippen molar-refractivity contribution in [2.24, 2.45) is 5.73 Å². The molecule has 1 amide bonds. The molecular formula is C11H11BrN4O. The summed E-state index contributed by atoms with van der Waals surface area (Å²) in [4.78, 5) is 21.2. The van der Waals surface area contributed by atoms with Gasteiger partial charge >= 0.3 is 0 Å². The number of primary amides is 1. The monoisotopic (exact) mass is 294 g/mol. The number of carbonyl (C=O) groups excluding carboxylic acids is 1. The first-order valence-corrected chi connectivity index (χ1v) is 5.77. The Hall–Kier alpha value is -1.69. The minimum atomic E-state index is -0.380. The maximum absolute atomic E-state index is 10.9. The Morgan fingerprint density at radius 1 is 1.53 bits per heavy atom. The third kappa shape index (κ3) is 2.52. The van der Waals surface area contributed by atoms with Gasteiger partial charge in [0.25, 0.3) is 0 Å². The van der Waals surface area contributed by atoms with E-state index in [1.165, 1.54) is 0 Å². The number of likely N-dealkylation sites (N-methyl/N-ethyl adjacent to an activating group) is 1. The lowest BCUT2D eigenvalue weighted by atomic mass is 10.2. The molecular weight excluding hydrogens is 284 g/mol. The zero-order valence-electron chi connectivity index (χ0n) is 9.22. The van der Waals surface area contributed by atoms with Crippen molar-refractivity contribution >= 4 is 38.6 Å². The van der Waals surface area contributed by atoms with Crippen LogP contribution in [0.25, 0.3) is 11.0 Å². The van der Waals surface area contributed by atoms with Gasteiger partial charge in [0.15, 0.2) is 0 Å². The van der Waals surface area contributed by atoms with Gasteiger partial charge in [-0.05, 0) is 28.1 Å². The minimum Gasteiger partial charge on any atom is -0.368 e. The largest absolute Gasteiger partial charge is 0.368 e. The van der Waals surface area contributed by atoms with Crippen LogP contribution in [-0.4, -0.2) is 29.5 Å². The maximum Gasteiger partial charge on any atom is 0.236 e. The maximum atomic E-state index is 10.9. The van der Waals surface area contributed by atoms with E-state index in [2.05, 4.69) is 25.9 Å². The number of hydrogen-bond donors (Lipinski definition) is 1. The molecule has 0 saturated heterocycles. The minimum absolute atomic E-state index is 0.150. The first kappa shape index (κ1) is 11.8. The van der Waals surface area contributed by atoms with E-state index in [0.717, 1.165) is 21.2 Å². The molecule has 0 bridgehead atoms. The second-order valence-corrected chi connectivity index (χ2v) is 4.59. The van der Waals surface area contributed by atoms with Crippen LogP contribution in [0.2, 0.25) is 0 Å². The van der Waals surface area contributed by atoms with E-state index in [-0.39, 0.29) is 12.5 Å². The molecule has 0 atom stereocenters. The summed E-state index contributed by atoms with van der Waals surface area (Å²) in [7, 11) is 1.79. The molecule has 2 rings (SSSR count). The van der Waals surface area contributed by atoms with Crippen molar-refractivity contribution in [3.05, 3.63) is 29.0 Å². The summed E-state index contributed by atoms with van der Waals surface area (Å²) in [6, 6.07) is 3.69. The van der Waals surface area contributed by atoms with Gasteiger partial charge in [0.05, 0.1) is 17.7 Å². The predicted molar refractivity (Wildman–Crippen MR) is 69.7 cm³/mol. The number of nitrogens with zero attached hydrogens (tertiary/aromatic N) is 3. The summed E-state index contributed by atoms with van der Waals surface area (Å²) >= 11 is 3.34. The van der Waals surface area contributed by atoms with Gasteiger partial charge in [0.1, 0.15) is 5.52 Å². The molecule has 0 aliphatic rings. The summed E-state index contributed by atoms with van der Waals surface area (Å²) in [6.07, 6.45) is 3.38. The fraction of sp³-hybridized carbons (Fsp3) is 0.182. The van der Waals surface area contributed by atoms with Crippen LogP contribution >= 0.6 is 15.9 Å². The average molecular weight is 295 g/mol. The van der Waals surface area contributed by atoms with Crippen LogP contribution in [0.3, 0.4) is 0 Å². The lowest BCUT2D eigenvalue weighted by molar-refractivity contribution is -0.116. The first-order valence-electron chi connectivity index (χ1n) is 4.97. The lowest BCUT2D eigenvalue weighted by Crippen LogP contribution is -2.30. The van der Waals surface area contributed by atoms with Gasteiger partial charge in [-0.15, -0.1) is 0 Å². The van der Waals surface area contributed by atoms with Crippen molar-refractivity contribution in [1.29, 1.82) is 0 Å². The zero-order valence-corrected chi connectivity index (χ0v) is 10.8. The summed E-state index contributed by atoms with van der Waals surface area (Å²) < 4.78 is 0.868. The summed E-state index contributed by atoms with van der Waals surface area (Å²) in [5.74, 6) is -0.380. The van der Waals surface area contributed by atoms with Gasteiger partial charge in [-0.25, -0.2) is 0 Å². The Kier molecular flexibility index (Phi) is 3.23. The number of aromatic nitrogens is 2. The standard InChI is InChI=1S/C11H11BrN4O/c1-16(6-10(13)17)9-2-3-14-8-4-7(12)5-15-11(8)9/h2-5H,6H2,1H3,(H2,13,17). The van der Waals surface area contributed by atoms with Gasteiger partial charge in [-0.2, -0.15) is 0 Å². The molecule has 17 heavy (non-hydrogen) atoms. The van der Waals surface area contributed by atoms with Crippen LogP contribution in [0.1, 0.15) is 0 Å². The number of pyridine rings is 2. The van der Waals surface area contributed by atoms with E-state index in [4.69, 9.17) is 5.73 Å². The van der Waals surface area contributed by atoms with E-state index in [0.29, 0.717) is 0 Å². The third-order valence-corrected chi connectivity index (χ3v) is 2.76. The SMILES string of the molecule is CN(CC(N)=O)c1ccnc2cc(Br)cnc12. The second kappa shape index (κ2) is 4.67. The highest BCUT2D eigenvalue weighted by Crippen LogP contribution is 2.24. The van der Waals surface area contributed by atoms with E-state index < -0.39 is 0 Å². The molecule has 6 heteroatoms. The van der Waals surface area contributed by atoms with Gasteiger partial charge in [-0.3, -0.25) is 14.8 Å². The molecule has 2 N–H and O–H groups in total. The smallest absolute Gasteiger partial charge is 0.236 e. The van der Waals surface area contributed by atoms with Crippen LogP contribution in [0.4, 0.5) is 5.69 Å². The van der Waals surface area contributed by atoms with Crippen molar-refractivity contribution < 1.29 is 4.79 Å². The number of halogens is 1. The summed E-state index contributed by atoms with van der Waals surface area (Å²) in [5.41, 5.74) is 7.53. The average Bonchev–Trinajstić information content (AvgIpc) is 2.26. The molecule has 0 aliphatic heterocycles. The number of amides is 1. The number of rotatable bonds is 3. The van der Waals surface area contributed by atoms with Crippen LogP contribution in [-0.2, 0) is 4.79 Å². The van der Waals surface area contributed by atoms with Crippen LogP contribution in [0, 0.1) is 0 Å². The Balaban J connectivity index is 2.50. The number of anilines is 1. The normalized spacial score (nSPS) is 10.5.